The van der Waals surface area contributed by atoms with Crippen LogP contribution in [0, 0.1) is 5.92 Å². The second-order valence-corrected chi connectivity index (χ2v) is 8.36. The van der Waals surface area contributed by atoms with E-state index in [1.165, 1.54) is 0 Å². The molecule has 0 bridgehead atoms. The maximum atomic E-state index is 12.4. The van der Waals surface area contributed by atoms with Crippen molar-refractivity contribution in [1.82, 2.24) is 10.2 Å². The Morgan fingerprint density at radius 2 is 1.79 bits per heavy atom. The van der Waals surface area contributed by atoms with E-state index in [9.17, 15) is 14.4 Å². The van der Waals surface area contributed by atoms with Gasteiger partial charge >= 0.3 is 0 Å². The number of morpholine rings is 1. The summed E-state index contributed by atoms with van der Waals surface area (Å²) >= 11 is 0. The molecule has 2 amide bonds. The van der Waals surface area contributed by atoms with E-state index in [0.29, 0.717) is 25.3 Å². The van der Waals surface area contributed by atoms with Crippen molar-refractivity contribution in [2.24, 2.45) is 5.92 Å². The van der Waals surface area contributed by atoms with Gasteiger partial charge in [0.1, 0.15) is 0 Å². The molecular weight excluding hydrogens is 358 g/mol. The van der Waals surface area contributed by atoms with Gasteiger partial charge in [0.25, 0.3) is 0 Å². The first kappa shape index (κ1) is 20.3. The minimum Gasteiger partial charge on any atom is -0.378 e. The first-order valence-electron chi connectivity index (χ1n) is 9.80. The molecule has 1 N–H and O–H groups in total. The maximum Gasteiger partial charge on any atom is 0.225 e. The summed E-state index contributed by atoms with van der Waals surface area (Å²) in [7, 11) is 0. The van der Waals surface area contributed by atoms with Crippen LogP contribution < -0.4 is 10.2 Å². The minimum absolute atomic E-state index is 0.0160. The molecule has 0 aliphatic carbocycles. The van der Waals surface area contributed by atoms with Crippen LogP contribution in [0.3, 0.4) is 0 Å². The predicted octanol–water partition coefficient (Wildman–Crippen LogP) is 1.47. The lowest BCUT2D eigenvalue weighted by molar-refractivity contribution is -0.132. The molecule has 1 unspecified atom stereocenters. The van der Waals surface area contributed by atoms with E-state index in [0.717, 1.165) is 18.8 Å². The van der Waals surface area contributed by atoms with Crippen LogP contribution in [0.25, 0.3) is 0 Å². The number of hydrogen-bond acceptors (Lipinski definition) is 5. The standard InChI is InChI=1S/C21H29N3O4/c1-21(2,3)24-14-16(12-19(24)26)20(27)22-13-18(25)15-4-6-17(7-5-15)23-8-10-28-11-9-23/h4-7,16H,8-14H2,1-3H3,(H,22,27). The summed E-state index contributed by atoms with van der Waals surface area (Å²) in [6.07, 6.45) is 0.200. The van der Waals surface area contributed by atoms with Crippen molar-refractivity contribution < 1.29 is 19.1 Å². The normalized spacial score (nSPS) is 20.4. The number of anilines is 1. The third kappa shape index (κ3) is 4.70. The zero-order valence-electron chi connectivity index (χ0n) is 16.9. The van der Waals surface area contributed by atoms with E-state index in [1.807, 2.05) is 32.9 Å². The van der Waals surface area contributed by atoms with Crippen molar-refractivity contribution in [3.63, 3.8) is 0 Å². The number of hydrogen-bond donors (Lipinski definition) is 1. The molecule has 3 rings (SSSR count). The molecule has 1 aromatic rings. The first-order valence-corrected chi connectivity index (χ1v) is 9.80. The lowest BCUT2D eigenvalue weighted by atomic mass is 10.1. The Morgan fingerprint density at radius 3 is 2.36 bits per heavy atom. The average molecular weight is 387 g/mol. The molecule has 28 heavy (non-hydrogen) atoms. The van der Waals surface area contributed by atoms with E-state index in [2.05, 4.69) is 10.2 Å². The third-order valence-electron chi connectivity index (χ3n) is 5.29. The highest BCUT2D eigenvalue weighted by Crippen LogP contribution is 2.25. The fraction of sp³-hybridized carbons (Fsp3) is 0.571. The lowest BCUT2D eigenvalue weighted by Gasteiger charge is -2.31. The SMILES string of the molecule is CC(C)(C)N1CC(C(=O)NCC(=O)c2ccc(N3CCOCC3)cc2)CC1=O. The Bertz CT molecular complexity index is 733. The number of nitrogens with one attached hydrogen (secondary N) is 1. The van der Waals surface area contributed by atoms with Crippen LogP contribution in [-0.2, 0) is 14.3 Å². The van der Waals surface area contributed by atoms with Crippen LogP contribution in [0.2, 0.25) is 0 Å². The monoisotopic (exact) mass is 387 g/mol. The Kier molecular flexibility index (Phi) is 6.03. The van der Waals surface area contributed by atoms with Crippen molar-refractivity contribution in [2.75, 3.05) is 44.3 Å². The number of benzene rings is 1. The molecule has 1 aromatic carbocycles. The Labute approximate surface area is 166 Å². The molecule has 2 heterocycles. The van der Waals surface area contributed by atoms with Crippen LogP contribution >= 0.6 is 0 Å². The maximum absolute atomic E-state index is 12.4. The molecule has 0 radical (unpaired) electrons. The molecule has 0 spiro atoms. The van der Waals surface area contributed by atoms with Crippen LogP contribution in [0.1, 0.15) is 37.6 Å². The van der Waals surface area contributed by atoms with Crippen molar-refractivity contribution in [2.45, 2.75) is 32.7 Å². The molecule has 152 valence electrons. The molecule has 7 heteroatoms. The van der Waals surface area contributed by atoms with Crippen LogP contribution in [0.15, 0.2) is 24.3 Å². The van der Waals surface area contributed by atoms with E-state index < -0.39 is 5.92 Å². The summed E-state index contributed by atoms with van der Waals surface area (Å²) in [5.74, 6) is -0.793. The fourth-order valence-electron chi connectivity index (χ4n) is 3.62. The first-order chi connectivity index (χ1) is 13.3. The second kappa shape index (κ2) is 8.31. The molecule has 1 atom stereocenters. The highest BCUT2D eigenvalue weighted by atomic mass is 16.5. The number of rotatable bonds is 5. The number of carbonyl (C=O) groups is 3. The van der Waals surface area contributed by atoms with Gasteiger partial charge in [0.15, 0.2) is 5.78 Å². The van der Waals surface area contributed by atoms with Gasteiger partial charge in [-0.3, -0.25) is 14.4 Å². The number of amides is 2. The molecule has 2 aliphatic rings. The van der Waals surface area contributed by atoms with Gasteiger partial charge < -0.3 is 19.9 Å². The van der Waals surface area contributed by atoms with E-state index in [-0.39, 0.29) is 36.1 Å². The summed E-state index contributed by atoms with van der Waals surface area (Å²) in [4.78, 5) is 40.9. The molecule has 7 nitrogen and oxygen atoms in total. The van der Waals surface area contributed by atoms with Gasteiger partial charge in [0.05, 0.1) is 25.7 Å². The van der Waals surface area contributed by atoms with Gasteiger partial charge in [-0.15, -0.1) is 0 Å². The van der Waals surface area contributed by atoms with Crippen LogP contribution in [-0.4, -0.2) is 67.4 Å². The average Bonchev–Trinajstić information content (AvgIpc) is 3.09. The zero-order valence-corrected chi connectivity index (χ0v) is 16.9. The lowest BCUT2D eigenvalue weighted by Crippen LogP contribution is -2.43. The van der Waals surface area contributed by atoms with E-state index in [1.54, 1.807) is 17.0 Å². The number of carbonyl (C=O) groups excluding carboxylic acids is 3. The summed E-state index contributed by atoms with van der Waals surface area (Å²) in [5, 5.41) is 2.70. The number of nitrogens with zero attached hydrogens (tertiary/aromatic N) is 2. The number of ketones is 1. The topological polar surface area (TPSA) is 79.0 Å². The smallest absolute Gasteiger partial charge is 0.225 e. The minimum atomic E-state index is -0.400. The largest absolute Gasteiger partial charge is 0.378 e. The number of likely N-dealkylation sites (tertiary alicyclic amines) is 1. The molecular formula is C21H29N3O4. The van der Waals surface area contributed by atoms with Gasteiger partial charge in [0, 0.05) is 42.8 Å². The van der Waals surface area contributed by atoms with Gasteiger partial charge in [-0.1, -0.05) is 0 Å². The summed E-state index contributed by atoms with van der Waals surface area (Å²) in [6, 6.07) is 7.44. The second-order valence-electron chi connectivity index (χ2n) is 8.36. The summed E-state index contributed by atoms with van der Waals surface area (Å²) in [6.45, 7) is 9.31. The van der Waals surface area contributed by atoms with Crippen molar-refractivity contribution in [3.8, 4) is 0 Å². The molecule has 0 aromatic heterocycles. The van der Waals surface area contributed by atoms with Gasteiger partial charge in [-0.25, -0.2) is 0 Å². The summed E-state index contributed by atoms with van der Waals surface area (Å²) in [5.41, 5.74) is 1.33. The Balaban J connectivity index is 1.51. The Hall–Kier alpha value is -2.41. The van der Waals surface area contributed by atoms with Crippen LogP contribution in [0.5, 0.6) is 0 Å². The summed E-state index contributed by atoms with van der Waals surface area (Å²) < 4.78 is 5.35. The number of ether oxygens (including phenoxy) is 1. The molecule has 0 saturated carbocycles. The van der Waals surface area contributed by atoms with Gasteiger partial charge in [-0.05, 0) is 45.0 Å². The highest BCUT2D eigenvalue weighted by molar-refractivity contribution is 6.00. The number of Topliss-reactive ketones (excluding diaryl/α,β-unsaturated/α-hetero) is 1. The molecule has 2 saturated heterocycles. The third-order valence-corrected chi connectivity index (χ3v) is 5.29. The quantitative estimate of drug-likeness (QED) is 0.774. The van der Waals surface area contributed by atoms with E-state index in [4.69, 9.17) is 4.74 Å². The van der Waals surface area contributed by atoms with Crippen LogP contribution in [0.4, 0.5) is 5.69 Å². The fourth-order valence-corrected chi connectivity index (χ4v) is 3.62. The zero-order chi connectivity index (χ0) is 20.3. The Morgan fingerprint density at radius 1 is 1.14 bits per heavy atom. The molecule has 2 aliphatic heterocycles. The van der Waals surface area contributed by atoms with Crippen molar-refractivity contribution in [3.05, 3.63) is 29.8 Å². The van der Waals surface area contributed by atoms with Crippen molar-refractivity contribution >= 4 is 23.3 Å². The van der Waals surface area contributed by atoms with E-state index >= 15 is 0 Å². The van der Waals surface area contributed by atoms with Gasteiger partial charge in [-0.2, -0.15) is 0 Å². The molecule has 2 fully saturated rings. The highest BCUT2D eigenvalue weighted by Gasteiger charge is 2.39. The van der Waals surface area contributed by atoms with Gasteiger partial charge in [0.2, 0.25) is 11.8 Å². The van der Waals surface area contributed by atoms with Crippen molar-refractivity contribution in [1.29, 1.82) is 0 Å². The predicted molar refractivity (Wildman–Crippen MR) is 106 cm³/mol.